The summed E-state index contributed by atoms with van der Waals surface area (Å²) in [4.78, 5) is 11.7. The first-order valence-corrected chi connectivity index (χ1v) is 9.75. The fraction of sp³-hybridized carbons (Fsp3) is 0.435. The van der Waals surface area contributed by atoms with Crippen LogP contribution < -0.4 is 0 Å². The zero-order valence-corrected chi connectivity index (χ0v) is 16.7. The van der Waals surface area contributed by atoms with Gasteiger partial charge in [0.15, 0.2) is 0 Å². The topological polar surface area (TPSA) is 40.5 Å². The number of benzene rings is 2. The van der Waals surface area contributed by atoms with E-state index in [1.165, 1.54) is 32.9 Å². The lowest BCUT2D eigenvalue weighted by Gasteiger charge is -2.11. The summed E-state index contributed by atoms with van der Waals surface area (Å²) in [5.41, 5.74) is 4.98. The van der Waals surface area contributed by atoms with Crippen LogP contribution in [0.5, 0.6) is 0 Å². The molecule has 0 aliphatic carbocycles. The van der Waals surface area contributed by atoms with E-state index in [1.54, 1.807) is 0 Å². The number of esters is 1. The van der Waals surface area contributed by atoms with E-state index in [9.17, 15) is 4.79 Å². The van der Waals surface area contributed by atoms with Crippen molar-refractivity contribution in [1.29, 1.82) is 0 Å². The highest BCUT2D eigenvalue weighted by atomic mass is 16.6. The van der Waals surface area contributed by atoms with Crippen LogP contribution in [0.2, 0.25) is 0 Å². The number of hydrogen-bond donors (Lipinski definition) is 0. The maximum atomic E-state index is 11.7. The maximum Gasteiger partial charge on any atom is 0.308 e. The maximum absolute atomic E-state index is 11.7. The fourth-order valence-electron chi connectivity index (χ4n) is 3.32. The highest BCUT2D eigenvalue weighted by Gasteiger charge is 2.12. The molecule has 27 heavy (non-hydrogen) atoms. The Kier molecular flexibility index (Phi) is 6.17. The van der Waals surface area contributed by atoms with Gasteiger partial charge in [-0.1, -0.05) is 38.1 Å². The third-order valence-electron chi connectivity index (χ3n) is 5.12. The van der Waals surface area contributed by atoms with Gasteiger partial charge < -0.3 is 14.0 Å². The Morgan fingerprint density at radius 3 is 2.11 bits per heavy atom. The van der Waals surface area contributed by atoms with Gasteiger partial charge in [-0.2, -0.15) is 0 Å². The van der Waals surface area contributed by atoms with Gasteiger partial charge in [-0.25, -0.2) is 0 Å². The van der Waals surface area contributed by atoms with Gasteiger partial charge in [-0.3, -0.25) is 4.79 Å². The van der Waals surface area contributed by atoms with Crippen molar-refractivity contribution in [1.82, 2.24) is 4.57 Å². The molecular formula is C23H29NO3. The molecular weight excluding hydrogens is 338 g/mol. The second-order valence-corrected chi connectivity index (χ2v) is 7.28. The van der Waals surface area contributed by atoms with E-state index in [2.05, 4.69) is 54.8 Å². The van der Waals surface area contributed by atoms with E-state index in [0.717, 1.165) is 13.0 Å². The molecule has 0 bridgehead atoms. The number of fused-ring (bicyclic) bond motifs is 3. The molecule has 0 amide bonds. The molecule has 0 fully saturated rings. The van der Waals surface area contributed by atoms with Gasteiger partial charge in [-0.15, -0.1) is 0 Å². The minimum absolute atomic E-state index is 0.0471. The molecule has 0 saturated carbocycles. The summed E-state index contributed by atoms with van der Waals surface area (Å²) < 4.78 is 13.3. The highest BCUT2D eigenvalue weighted by Crippen LogP contribution is 2.30. The zero-order chi connectivity index (χ0) is 19.4. The number of ether oxygens (including phenoxy) is 2. The van der Waals surface area contributed by atoms with Gasteiger partial charge in [0.1, 0.15) is 6.61 Å². The smallest absolute Gasteiger partial charge is 0.308 e. The monoisotopic (exact) mass is 367 g/mol. The van der Waals surface area contributed by atoms with E-state index in [4.69, 9.17) is 9.47 Å². The summed E-state index contributed by atoms with van der Waals surface area (Å²) in [7, 11) is 0. The molecule has 0 aliphatic heterocycles. The zero-order valence-electron chi connectivity index (χ0n) is 16.7. The number of nitrogens with zero attached hydrogens (tertiary/aromatic N) is 1. The molecule has 3 rings (SSSR count). The van der Waals surface area contributed by atoms with Gasteiger partial charge in [0, 0.05) is 28.4 Å². The Morgan fingerprint density at radius 1 is 0.963 bits per heavy atom. The quantitative estimate of drug-likeness (QED) is 0.415. The number of hydrogen-bond acceptors (Lipinski definition) is 3. The van der Waals surface area contributed by atoms with Crippen molar-refractivity contribution < 1.29 is 14.3 Å². The first-order chi connectivity index (χ1) is 13.0. The first-order valence-electron chi connectivity index (χ1n) is 9.75. The number of aryl methyl sites for hydroxylation is 2. The van der Waals surface area contributed by atoms with E-state index in [0.29, 0.717) is 19.8 Å². The third-order valence-corrected chi connectivity index (χ3v) is 5.12. The summed E-state index contributed by atoms with van der Waals surface area (Å²) in [5.74, 6) is -0.191. The SMILES string of the molecule is CCC(C)C(=O)OCCOCCn1c2cc(C)ccc2c2ccc(C)cc21. The summed E-state index contributed by atoms with van der Waals surface area (Å²) in [5, 5.41) is 2.55. The van der Waals surface area contributed by atoms with Crippen LogP contribution >= 0.6 is 0 Å². The number of carbonyl (C=O) groups is 1. The predicted octanol–water partition coefficient (Wildman–Crippen LogP) is 5.02. The molecule has 1 heterocycles. The molecule has 0 aliphatic rings. The van der Waals surface area contributed by atoms with E-state index in [1.807, 2.05) is 13.8 Å². The molecule has 0 radical (unpaired) electrons. The molecule has 4 heteroatoms. The minimum atomic E-state index is -0.144. The van der Waals surface area contributed by atoms with E-state index < -0.39 is 0 Å². The molecule has 0 spiro atoms. The van der Waals surface area contributed by atoms with Gasteiger partial charge in [-0.05, 0) is 43.5 Å². The van der Waals surface area contributed by atoms with Crippen LogP contribution in [-0.4, -0.2) is 30.4 Å². The Hall–Kier alpha value is -2.33. The standard InChI is InChI=1S/C23H29NO3/c1-5-18(4)23(25)27-13-12-26-11-10-24-21-14-16(2)6-8-19(21)20-9-7-17(3)15-22(20)24/h6-9,14-15,18H,5,10-13H2,1-4H3. The van der Waals surface area contributed by atoms with Crippen molar-refractivity contribution in [3.05, 3.63) is 47.5 Å². The number of rotatable bonds is 8. The van der Waals surface area contributed by atoms with Crippen molar-refractivity contribution in [2.75, 3.05) is 19.8 Å². The second-order valence-electron chi connectivity index (χ2n) is 7.28. The van der Waals surface area contributed by atoms with Crippen LogP contribution in [0.1, 0.15) is 31.4 Å². The lowest BCUT2D eigenvalue weighted by atomic mass is 10.1. The van der Waals surface area contributed by atoms with Crippen molar-refractivity contribution in [3.8, 4) is 0 Å². The van der Waals surface area contributed by atoms with Crippen molar-refractivity contribution in [2.24, 2.45) is 5.92 Å². The number of aromatic nitrogens is 1. The van der Waals surface area contributed by atoms with Crippen LogP contribution in [0.25, 0.3) is 21.8 Å². The molecule has 3 aromatic rings. The molecule has 2 aromatic carbocycles. The summed E-state index contributed by atoms with van der Waals surface area (Å²) in [6.07, 6.45) is 0.798. The molecule has 1 aromatic heterocycles. The minimum Gasteiger partial charge on any atom is -0.463 e. The lowest BCUT2D eigenvalue weighted by Crippen LogP contribution is -2.17. The van der Waals surface area contributed by atoms with Gasteiger partial charge >= 0.3 is 5.97 Å². The fourth-order valence-corrected chi connectivity index (χ4v) is 3.32. The van der Waals surface area contributed by atoms with Crippen molar-refractivity contribution in [2.45, 2.75) is 40.7 Å². The highest BCUT2D eigenvalue weighted by molar-refractivity contribution is 6.08. The third kappa shape index (κ3) is 4.33. The van der Waals surface area contributed by atoms with Crippen LogP contribution in [0.4, 0.5) is 0 Å². The molecule has 0 saturated heterocycles. The van der Waals surface area contributed by atoms with E-state index in [-0.39, 0.29) is 11.9 Å². The van der Waals surface area contributed by atoms with Crippen LogP contribution in [0, 0.1) is 19.8 Å². The summed E-state index contributed by atoms with van der Waals surface area (Å²) in [6.45, 7) is 10.2. The number of carbonyl (C=O) groups excluding carboxylic acids is 1. The Labute approximate surface area is 161 Å². The second kappa shape index (κ2) is 8.57. The lowest BCUT2D eigenvalue weighted by molar-refractivity contribution is -0.149. The molecule has 0 N–H and O–H groups in total. The predicted molar refractivity (Wildman–Crippen MR) is 110 cm³/mol. The van der Waals surface area contributed by atoms with Gasteiger partial charge in [0.05, 0.1) is 19.1 Å². The summed E-state index contributed by atoms with van der Waals surface area (Å²) >= 11 is 0. The van der Waals surface area contributed by atoms with Crippen LogP contribution in [0.15, 0.2) is 36.4 Å². The van der Waals surface area contributed by atoms with E-state index >= 15 is 0 Å². The Balaban J connectivity index is 1.66. The normalized spacial score (nSPS) is 12.6. The average molecular weight is 367 g/mol. The summed E-state index contributed by atoms with van der Waals surface area (Å²) in [6, 6.07) is 13.2. The van der Waals surface area contributed by atoms with Crippen LogP contribution in [0.3, 0.4) is 0 Å². The average Bonchev–Trinajstić information content (AvgIpc) is 2.95. The van der Waals surface area contributed by atoms with Crippen molar-refractivity contribution >= 4 is 27.8 Å². The largest absolute Gasteiger partial charge is 0.463 e. The first kappa shape index (κ1) is 19.4. The van der Waals surface area contributed by atoms with Gasteiger partial charge in [0.2, 0.25) is 0 Å². The Bertz CT molecular complexity index is 882. The Morgan fingerprint density at radius 2 is 1.56 bits per heavy atom. The van der Waals surface area contributed by atoms with Crippen molar-refractivity contribution in [3.63, 3.8) is 0 Å². The molecule has 1 atom stereocenters. The van der Waals surface area contributed by atoms with Gasteiger partial charge in [0.25, 0.3) is 0 Å². The molecule has 144 valence electrons. The van der Waals surface area contributed by atoms with Crippen LogP contribution in [-0.2, 0) is 20.8 Å². The molecule has 1 unspecified atom stereocenters. The molecule has 4 nitrogen and oxygen atoms in total.